The Hall–Kier alpha value is -0.800. The third kappa shape index (κ3) is 4.37. The van der Waals surface area contributed by atoms with Crippen LogP contribution in [0.3, 0.4) is 0 Å². The fourth-order valence-electron chi connectivity index (χ4n) is 1.43. The number of hydrogen-bond donors (Lipinski definition) is 0. The summed E-state index contributed by atoms with van der Waals surface area (Å²) in [5.41, 5.74) is 1.04. The van der Waals surface area contributed by atoms with Crippen molar-refractivity contribution in [1.82, 2.24) is 9.88 Å². The maximum atomic E-state index is 5.74. The molecule has 16 heavy (non-hydrogen) atoms. The number of aromatic nitrogens is 1. The lowest BCUT2D eigenvalue weighted by Gasteiger charge is -2.17. The van der Waals surface area contributed by atoms with Crippen molar-refractivity contribution in [3.05, 3.63) is 23.9 Å². The maximum Gasteiger partial charge on any atom is 0.213 e. The van der Waals surface area contributed by atoms with Crippen molar-refractivity contribution >= 4 is 11.6 Å². The van der Waals surface area contributed by atoms with E-state index in [9.17, 15) is 0 Å². The van der Waals surface area contributed by atoms with Crippen molar-refractivity contribution in [1.29, 1.82) is 0 Å². The second-order valence-corrected chi connectivity index (χ2v) is 3.78. The second-order valence-electron chi connectivity index (χ2n) is 3.51. The molecule has 1 aromatic rings. The molecule has 0 bridgehead atoms. The number of nitrogens with zero attached hydrogens (tertiary/aromatic N) is 2. The van der Waals surface area contributed by atoms with Crippen LogP contribution in [0.2, 0.25) is 0 Å². The molecule has 0 unspecified atom stereocenters. The fraction of sp³-hybridized carbons (Fsp3) is 0.583. The summed E-state index contributed by atoms with van der Waals surface area (Å²) in [7, 11) is 0. The van der Waals surface area contributed by atoms with Crippen LogP contribution in [-0.2, 0) is 5.88 Å². The van der Waals surface area contributed by atoms with Gasteiger partial charge in [-0.3, -0.25) is 0 Å². The summed E-state index contributed by atoms with van der Waals surface area (Å²) < 4.78 is 5.57. The lowest BCUT2D eigenvalue weighted by Crippen LogP contribution is -2.28. The maximum absolute atomic E-state index is 5.74. The smallest absolute Gasteiger partial charge is 0.213 e. The van der Waals surface area contributed by atoms with Gasteiger partial charge in [0.25, 0.3) is 0 Å². The summed E-state index contributed by atoms with van der Waals surface area (Å²) in [4.78, 5) is 6.45. The minimum absolute atomic E-state index is 0.495. The van der Waals surface area contributed by atoms with Crippen molar-refractivity contribution in [2.75, 3.05) is 26.2 Å². The largest absolute Gasteiger partial charge is 0.476 e. The molecule has 0 fully saturated rings. The predicted molar refractivity (Wildman–Crippen MR) is 67.1 cm³/mol. The van der Waals surface area contributed by atoms with Gasteiger partial charge >= 0.3 is 0 Å². The zero-order valence-electron chi connectivity index (χ0n) is 9.95. The van der Waals surface area contributed by atoms with Crippen molar-refractivity contribution in [3.8, 4) is 5.88 Å². The van der Waals surface area contributed by atoms with Crippen LogP contribution in [0.4, 0.5) is 0 Å². The van der Waals surface area contributed by atoms with Crippen LogP contribution in [0.1, 0.15) is 19.4 Å². The first kappa shape index (κ1) is 13.3. The van der Waals surface area contributed by atoms with Gasteiger partial charge in [-0.05, 0) is 24.7 Å². The number of hydrogen-bond acceptors (Lipinski definition) is 3. The van der Waals surface area contributed by atoms with Crippen molar-refractivity contribution in [2.24, 2.45) is 0 Å². The van der Waals surface area contributed by atoms with Gasteiger partial charge in [-0.2, -0.15) is 0 Å². The Morgan fingerprint density at radius 3 is 2.75 bits per heavy atom. The van der Waals surface area contributed by atoms with Gasteiger partial charge < -0.3 is 9.64 Å². The molecule has 0 atom stereocenters. The van der Waals surface area contributed by atoms with Gasteiger partial charge in [0, 0.05) is 24.7 Å². The Morgan fingerprint density at radius 1 is 1.38 bits per heavy atom. The summed E-state index contributed by atoms with van der Waals surface area (Å²) >= 11 is 5.74. The third-order valence-corrected chi connectivity index (χ3v) is 2.81. The molecule has 0 aliphatic heterocycles. The standard InChI is InChI=1S/C12H19ClN2O/c1-3-15(4-2)7-8-16-12-9-11(10-13)5-6-14-12/h5-6,9H,3-4,7-8,10H2,1-2H3. The van der Waals surface area contributed by atoms with Gasteiger partial charge in [0.2, 0.25) is 5.88 Å². The average Bonchev–Trinajstić information content (AvgIpc) is 2.35. The zero-order chi connectivity index (χ0) is 11.8. The lowest BCUT2D eigenvalue weighted by atomic mass is 10.3. The Balaban J connectivity index is 2.36. The SMILES string of the molecule is CCN(CC)CCOc1cc(CCl)ccn1. The molecule has 0 aliphatic carbocycles. The molecule has 3 nitrogen and oxygen atoms in total. The van der Waals surface area contributed by atoms with Gasteiger partial charge in [-0.1, -0.05) is 13.8 Å². The van der Waals surface area contributed by atoms with E-state index in [0.717, 1.165) is 25.2 Å². The highest BCUT2D eigenvalue weighted by atomic mass is 35.5. The highest BCUT2D eigenvalue weighted by Crippen LogP contribution is 2.10. The normalized spacial score (nSPS) is 10.8. The minimum Gasteiger partial charge on any atom is -0.476 e. The topological polar surface area (TPSA) is 25.4 Å². The van der Waals surface area contributed by atoms with Crippen LogP contribution in [0.15, 0.2) is 18.3 Å². The van der Waals surface area contributed by atoms with Gasteiger partial charge in [-0.25, -0.2) is 4.98 Å². The molecular weight excluding hydrogens is 224 g/mol. The van der Waals surface area contributed by atoms with Crippen LogP contribution < -0.4 is 4.74 Å². The molecule has 1 rings (SSSR count). The molecule has 0 radical (unpaired) electrons. The van der Waals surface area contributed by atoms with Crippen LogP contribution in [-0.4, -0.2) is 36.1 Å². The monoisotopic (exact) mass is 242 g/mol. The van der Waals surface area contributed by atoms with Gasteiger partial charge in [0.1, 0.15) is 6.61 Å². The molecule has 4 heteroatoms. The number of likely N-dealkylation sites (N-methyl/N-ethyl adjacent to an activating group) is 1. The van der Waals surface area contributed by atoms with E-state index in [2.05, 4.69) is 23.7 Å². The van der Waals surface area contributed by atoms with Crippen LogP contribution >= 0.6 is 11.6 Å². The van der Waals surface area contributed by atoms with Gasteiger partial charge in [0.15, 0.2) is 0 Å². The van der Waals surface area contributed by atoms with E-state index in [-0.39, 0.29) is 0 Å². The minimum atomic E-state index is 0.495. The first-order valence-corrected chi connectivity index (χ1v) is 6.19. The molecule has 0 aliphatic rings. The van der Waals surface area contributed by atoms with Gasteiger partial charge in [0.05, 0.1) is 0 Å². The quantitative estimate of drug-likeness (QED) is 0.687. The fourth-order valence-corrected chi connectivity index (χ4v) is 1.60. The number of halogens is 1. The van der Waals surface area contributed by atoms with Gasteiger partial charge in [-0.15, -0.1) is 11.6 Å². The Morgan fingerprint density at radius 2 is 2.12 bits per heavy atom. The molecule has 0 spiro atoms. The molecule has 90 valence electrons. The molecule has 0 aromatic carbocycles. The number of ether oxygens (including phenoxy) is 1. The summed E-state index contributed by atoms with van der Waals surface area (Å²) in [6, 6.07) is 3.78. The van der Waals surface area contributed by atoms with E-state index >= 15 is 0 Å². The first-order chi connectivity index (χ1) is 7.80. The average molecular weight is 243 g/mol. The van der Waals surface area contributed by atoms with Crippen molar-refractivity contribution in [2.45, 2.75) is 19.7 Å². The van der Waals surface area contributed by atoms with E-state index in [1.807, 2.05) is 12.1 Å². The summed E-state index contributed by atoms with van der Waals surface area (Å²) in [5.74, 6) is 1.15. The van der Waals surface area contributed by atoms with Crippen LogP contribution in [0.5, 0.6) is 5.88 Å². The van der Waals surface area contributed by atoms with E-state index in [4.69, 9.17) is 16.3 Å². The Kier molecular flexibility index (Phi) is 6.19. The van der Waals surface area contributed by atoms with Crippen molar-refractivity contribution < 1.29 is 4.74 Å². The molecule has 0 saturated carbocycles. The number of pyridine rings is 1. The zero-order valence-corrected chi connectivity index (χ0v) is 10.7. The molecule has 0 N–H and O–H groups in total. The van der Waals surface area contributed by atoms with Crippen LogP contribution in [0, 0.1) is 0 Å². The second kappa shape index (κ2) is 7.47. The van der Waals surface area contributed by atoms with E-state index in [1.165, 1.54) is 0 Å². The molecular formula is C12H19ClN2O. The third-order valence-electron chi connectivity index (χ3n) is 2.51. The number of rotatable bonds is 7. The van der Waals surface area contributed by atoms with E-state index in [0.29, 0.717) is 18.4 Å². The van der Waals surface area contributed by atoms with E-state index < -0.39 is 0 Å². The molecule has 1 aromatic heterocycles. The highest BCUT2D eigenvalue weighted by Gasteiger charge is 2.01. The Labute approximate surface area is 102 Å². The van der Waals surface area contributed by atoms with Crippen molar-refractivity contribution in [3.63, 3.8) is 0 Å². The molecule has 0 amide bonds. The summed E-state index contributed by atoms with van der Waals surface area (Å²) in [6.45, 7) is 8.00. The summed E-state index contributed by atoms with van der Waals surface area (Å²) in [5, 5.41) is 0. The first-order valence-electron chi connectivity index (χ1n) is 5.66. The van der Waals surface area contributed by atoms with Crippen LogP contribution in [0.25, 0.3) is 0 Å². The Bertz CT molecular complexity index is 303. The van der Waals surface area contributed by atoms with E-state index in [1.54, 1.807) is 6.20 Å². The highest BCUT2D eigenvalue weighted by molar-refractivity contribution is 6.17. The molecule has 0 saturated heterocycles. The lowest BCUT2D eigenvalue weighted by molar-refractivity contribution is 0.218. The molecule has 1 heterocycles. The predicted octanol–water partition coefficient (Wildman–Crippen LogP) is 2.54. The summed E-state index contributed by atoms with van der Waals surface area (Å²) in [6.07, 6.45) is 1.73. The number of alkyl halides is 1.